The number of hydrogen-bond donors (Lipinski definition) is 1. The Bertz CT molecular complexity index is 661. The van der Waals surface area contributed by atoms with E-state index in [1.807, 2.05) is 36.2 Å². The van der Waals surface area contributed by atoms with E-state index in [2.05, 4.69) is 20.3 Å². The Morgan fingerprint density at radius 2 is 2.25 bits per heavy atom. The monoisotopic (exact) mass is 266 g/mol. The number of rotatable bonds is 2. The molecule has 6 heteroatoms. The first-order chi connectivity index (χ1) is 9.79. The van der Waals surface area contributed by atoms with Crippen LogP contribution in [0.3, 0.4) is 0 Å². The van der Waals surface area contributed by atoms with Gasteiger partial charge in [-0.25, -0.2) is 15.0 Å². The molecule has 0 aliphatic carbocycles. The largest absolute Gasteiger partial charge is 0.314 e. The van der Waals surface area contributed by atoms with Gasteiger partial charge in [0.2, 0.25) is 5.82 Å². The maximum absolute atomic E-state index is 9.09. The van der Waals surface area contributed by atoms with E-state index in [-0.39, 0.29) is 5.82 Å². The van der Waals surface area contributed by atoms with Gasteiger partial charge in [0.15, 0.2) is 0 Å². The summed E-state index contributed by atoms with van der Waals surface area (Å²) in [6, 6.07) is 7.74. The summed E-state index contributed by atoms with van der Waals surface area (Å²) in [5.41, 5.74) is 2.00. The lowest BCUT2D eigenvalue weighted by atomic mass is 10.1. The lowest BCUT2D eigenvalue weighted by Gasteiger charge is -2.24. The maximum Gasteiger partial charge on any atom is 0.234 e. The average Bonchev–Trinajstić information content (AvgIpc) is 2.54. The molecule has 0 atom stereocenters. The van der Waals surface area contributed by atoms with Crippen LogP contribution in [0.2, 0.25) is 0 Å². The molecule has 0 unspecified atom stereocenters. The smallest absolute Gasteiger partial charge is 0.234 e. The van der Waals surface area contributed by atoms with Crippen molar-refractivity contribution in [3.63, 3.8) is 0 Å². The highest BCUT2D eigenvalue weighted by Gasteiger charge is 2.20. The van der Waals surface area contributed by atoms with Crippen molar-refractivity contribution >= 4 is 11.6 Å². The molecule has 0 saturated heterocycles. The molecular weight excluding hydrogens is 252 g/mol. The first-order valence-corrected chi connectivity index (χ1v) is 6.45. The molecular formula is C14H14N6. The molecule has 0 saturated carbocycles. The third kappa shape index (κ3) is 2.19. The van der Waals surface area contributed by atoms with Crippen LogP contribution in [0.1, 0.15) is 17.1 Å². The summed E-state index contributed by atoms with van der Waals surface area (Å²) in [6.07, 6.45) is 2.55. The van der Waals surface area contributed by atoms with Gasteiger partial charge in [0.25, 0.3) is 0 Å². The quantitative estimate of drug-likeness (QED) is 0.878. The summed E-state index contributed by atoms with van der Waals surface area (Å²) in [6.45, 7) is 1.59. The molecule has 0 aromatic carbocycles. The van der Waals surface area contributed by atoms with Gasteiger partial charge in [-0.15, -0.1) is 0 Å². The van der Waals surface area contributed by atoms with E-state index in [0.29, 0.717) is 6.54 Å². The molecule has 20 heavy (non-hydrogen) atoms. The number of nitrogens with one attached hydrogen (secondary N) is 1. The highest BCUT2D eigenvalue weighted by atomic mass is 15.2. The number of anilines is 2. The Kier molecular flexibility index (Phi) is 3.27. The fourth-order valence-corrected chi connectivity index (χ4v) is 2.31. The maximum atomic E-state index is 9.09. The molecule has 100 valence electrons. The molecule has 2 aromatic rings. The fourth-order valence-electron chi connectivity index (χ4n) is 2.31. The van der Waals surface area contributed by atoms with Gasteiger partial charge in [0.1, 0.15) is 17.7 Å². The molecule has 1 aliphatic rings. The fraction of sp³-hybridized carbons (Fsp3) is 0.286. The van der Waals surface area contributed by atoms with E-state index in [1.165, 1.54) is 0 Å². The molecule has 1 aliphatic heterocycles. The van der Waals surface area contributed by atoms with E-state index >= 15 is 0 Å². The van der Waals surface area contributed by atoms with Crippen molar-refractivity contribution in [1.29, 1.82) is 5.26 Å². The first kappa shape index (κ1) is 12.5. The predicted molar refractivity (Wildman–Crippen MR) is 74.5 cm³/mol. The van der Waals surface area contributed by atoms with E-state index in [0.717, 1.165) is 35.9 Å². The van der Waals surface area contributed by atoms with Crippen LogP contribution in [0, 0.1) is 11.3 Å². The Hall–Kier alpha value is -2.52. The Labute approximate surface area is 117 Å². The molecule has 0 fully saturated rings. The number of hydrogen-bond acceptors (Lipinski definition) is 6. The zero-order valence-electron chi connectivity index (χ0n) is 11.2. The van der Waals surface area contributed by atoms with Gasteiger partial charge in [-0.1, -0.05) is 6.07 Å². The first-order valence-electron chi connectivity index (χ1n) is 6.45. The highest BCUT2D eigenvalue weighted by molar-refractivity contribution is 5.60. The van der Waals surface area contributed by atoms with Gasteiger partial charge in [-0.2, -0.15) is 5.26 Å². The second-order valence-electron chi connectivity index (χ2n) is 4.58. The van der Waals surface area contributed by atoms with E-state index < -0.39 is 0 Å². The molecule has 0 amide bonds. The second kappa shape index (κ2) is 5.23. The Morgan fingerprint density at radius 1 is 1.35 bits per heavy atom. The number of pyridine rings is 1. The van der Waals surface area contributed by atoms with Crippen LogP contribution in [-0.2, 0) is 13.0 Å². The molecule has 0 spiro atoms. The average molecular weight is 266 g/mol. The zero-order valence-corrected chi connectivity index (χ0v) is 11.2. The van der Waals surface area contributed by atoms with Gasteiger partial charge in [0.05, 0.1) is 5.69 Å². The summed E-state index contributed by atoms with van der Waals surface area (Å²) in [5.74, 6) is 1.75. The van der Waals surface area contributed by atoms with Crippen LogP contribution < -0.4 is 10.2 Å². The summed E-state index contributed by atoms with van der Waals surface area (Å²) in [7, 11) is 1.90. The van der Waals surface area contributed by atoms with E-state index in [1.54, 1.807) is 6.20 Å². The van der Waals surface area contributed by atoms with Gasteiger partial charge in [0, 0.05) is 38.3 Å². The molecule has 0 radical (unpaired) electrons. The summed E-state index contributed by atoms with van der Waals surface area (Å²) >= 11 is 0. The van der Waals surface area contributed by atoms with Crippen LogP contribution in [0.15, 0.2) is 24.4 Å². The highest BCUT2D eigenvalue weighted by Crippen LogP contribution is 2.27. The van der Waals surface area contributed by atoms with Gasteiger partial charge in [-0.3, -0.25) is 0 Å². The Balaban J connectivity index is 2.10. The van der Waals surface area contributed by atoms with Crippen LogP contribution in [0.4, 0.5) is 11.6 Å². The van der Waals surface area contributed by atoms with Crippen LogP contribution >= 0.6 is 0 Å². The number of fused-ring (bicyclic) bond motifs is 1. The van der Waals surface area contributed by atoms with Crippen LogP contribution in [0.25, 0.3) is 0 Å². The summed E-state index contributed by atoms with van der Waals surface area (Å²) in [5, 5.41) is 12.4. The van der Waals surface area contributed by atoms with Crippen molar-refractivity contribution < 1.29 is 0 Å². The molecule has 1 N–H and O–H groups in total. The van der Waals surface area contributed by atoms with E-state index in [4.69, 9.17) is 5.26 Å². The lowest BCUT2D eigenvalue weighted by Crippen LogP contribution is -2.28. The SMILES string of the molecule is CN(c1ccccn1)c1nc(C#N)nc2c1CNCC2. The van der Waals surface area contributed by atoms with Crippen molar-refractivity contribution in [2.75, 3.05) is 18.5 Å². The van der Waals surface area contributed by atoms with Gasteiger partial charge in [-0.05, 0) is 12.1 Å². The van der Waals surface area contributed by atoms with Gasteiger partial charge >= 0.3 is 0 Å². The van der Waals surface area contributed by atoms with Gasteiger partial charge < -0.3 is 10.2 Å². The third-order valence-electron chi connectivity index (χ3n) is 3.32. The van der Waals surface area contributed by atoms with Crippen molar-refractivity contribution in [1.82, 2.24) is 20.3 Å². The number of aromatic nitrogens is 3. The van der Waals surface area contributed by atoms with Crippen LogP contribution in [0.5, 0.6) is 0 Å². The molecule has 6 nitrogen and oxygen atoms in total. The minimum Gasteiger partial charge on any atom is -0.314 e. The van der Waals surface area contributed by atoms with Crippen molar-refractivity contribution in [2.45, 2.75) is 13.0 Å². The standard InChI is InChI=1S/C14H14N6/c1-20(13-4-2-3-6-17-13)14-10-9-16-7-5-11(10)18-12(8-15)19-14/h2-4,6,16H,5,7,9H2,1H3. The van der Waals surface area contributed by atoms with E-state index in [9.17, 15) is 0 Å². The third-order valence-corrected chi connectivity index (χ3v) is 3.32. The minimum absolute atomic E-state index is 0.212. The topological polar surface area (TPSA) is 77.7 Å². The number of nitriles is 1. The van der Waals surface area contributed by atoms with Crippen LogP contribution in [-0.4, -0.2) is 28.5 Å². The Morgan fingerprint density at radius 3 is 3.00 bits per heavy atom. The molecule has 3 rings (SSSR count). The number of nitrogens with zero attached hydrogens (tertiary/aromatic N) is 5. The predicted octanol–water partition coefficient (Wildman–Crippen LogP) is 1.16. The lowest BCUT2D eigenvalue weighted by molar-refractivity contribution is 0.624. The zero-order chi connectivity index (χ0) is 13.9. The minimum atomic E-state index is 0.212. The van der Waals surface area contributed by atoms with Crippen molar-refractivity contribution in [2.24, 2.45) is 0 Å². The summed E-state index contributed by atoms with van der Waals surface area (Å²) in [4.78, 5) is 14.9. The molecule has 0 bridgehead atoms. The molecule has 2 aromatic heterocycles. The van der Waals surface area contributed by atoms with Crippen molar-refractivity contribution in [3.8, 4) is 6.07 Å². The molecule has 3 heterocycles. The van der Waals surface area contributed by atoms with Crippen molar-refractivity contribution in [3.05, 3.63) is 41.5 Å². The summed E-state index contributed by atoms with van der Waals surface area (Å²) < 4.78 is 0. The second-order valence-corrected chi connectivity index (χ2v) is 4.58. The normalized spacial score (nSPS) is 13.4.